The van der Waals surface area contributed by atoms with Crippen molar-refractivity contribution in [2.75, 3.05) is 11.1 Å². The number of nitrogens with two attached hydrogens (primary N) is 1. The first-order valence-corrected chi connectivity index (χ1v) is 5.71. The van der Waals surface area contributed by atoms with Gasteiger partial charge in [0.15, 0.2) is 5.69 Å². The number of nitrogens with one attached hydrogen (secondary N) is 1. The van der Waals surface area contributed by atoms with E-state index in [1.54, 1.807) is 25.4 Å². The lowest BCUT2D eigenvalue weighted by Gasteiger charge is -2.03. The van der Waals surface area contributed by atoms with E-state index in [1.165, 1.54) is 4.68 Å². The summed E-state index contributed by atoms with van der Waals surface area (Å²) in [5.41, 5.74) is 6.95. The predicted octanol–water partition coefficient (Wildman–Crippen LogP) is 2.02. The monoisotopic (exact) mass is 294 g/mol. The molecule has 0 aliphatic heterocycles. The molecule has 0 radical (unpaired) electrons. The number of nitrogen functional groups attached to an aromatic ring is 1. The summed E-state index contributed by atoms with van der Waals surface area (Å²) in [7, 11) is 1.71. The zero-order valence-corrected chi connectivity index (χ0v) is 10.7. The van der Waals surface area contributed by atoms with E-state index in [2.05, 4.69) is 26.3 Å². The molecule has 1 aromatic carbocycles. The number of aromatic nitrogens is 2. The summed E-state index contributed by atoms with van der Waals surface area (Å²) in [6.07, 6.45) is 1.59. The second kappa shape index (κ2) is 4.58. The van der Waals surface area contributed by atoms with Gasteiger partial charge in [-0.05, 0) is 18.2 Å². The first kappa shape index (κ1) is 11.7. The van der Waals surface area contributed by atoms with Crippen LogP contribution in [0.3, 0.4) is 0 Å². The molecule has 17 heavy (non-hydrogen) atoms. The summed E-state index contributed by atoms with van der Waals surface area (Å²) in [5, 5.41) is 6.73. The highest BCUT2D eigenvalue weighted by Gasteiger charge is 2.13. The largest absolute Gasteiger partial charge is 0.396 e. The van der Waals surface area contributed by atoms with Gasteiger partial charge in [-0.1, -0.05) is 22.0 Å². The van der Waals surface area contributed by atoms with Gasteiger partial charge < -0.3 is 11.1 Å². The van der Waals surface area contributed by atoms with Gasteiger partial charge in [-0.2, -0.15) is 5.10 Å². The summed E-state index contributed by atoms with van der Waals surface area (Å²) in [4.78, 5) is 11.9. The van der Waals surface area contributed by atoms with Crippen LogP contribution in [0.25, 0.3) is 0 Å². The molecule has 0 fully saturated rings. The van der Waals surface area contributed by atoms with Crippen molar-refractivity contribution in [2.45, 2.75) is 0 Å². The molecular formula is C11H11BrN4O. The quantitative estimate of drug-likeness (QED) is 0.890. The zero-order valence-electron chi connectivity index (χ0n) is 9.14. The number of hydrogen-bond donors (Lipinski definition) is 2. The van der Waals surface area contributed by atoms with Crippen molar-refractivity contribution < 1.29 is 4.79 Å². The van der Waals surface area contributed by atoms with Gasteiger partial charge in [-0.15, -0.1) is 0 Å². The molecule has 1 aromatic heterocycles. The van der Waals surface area contributed by atoms with E-state index >= 15 is 0 Å². The van der Waals surface area contributed by atoms with Crippen LogP contribution in [0.4, 0.5) is 11.4 Å². The minimum absolute atomic E-state index is 0.229. The third-order valence-electron chi connectivity index (χ3n) is 2.15. The number of anilines is 2. The Hall–Kier alpha value is -1.82. The van der Waals surface area contributed by atoms with Crippen molar-refractivity contribution in [3.05, 3.63) is 40.6 Å². The SMILES string of the molecule is Cn1cc(N)c(C(=O)Nc2cccc(Br)c2)n1. The molecule has 2 rings (SSSR count). The Morgan fingerprint density at radius 2 is 2.29 bits per heavy atom. The molecule has 0 atom stereocenters. The number of nitrogens with zero attached hydrogens (tertiary/aromatic N) is 2. The summed E-state index contributed by atoms with van der Waals surface area (Å²) in [6.45, 7) is 0. The molecule has 0 saturated carbocycles. The molecule has 1 heterocycles. The average Bonchev–Trinajstić information content (AvgIpc) is 2.58. The van der Waals surface area contributed by atoms with Crippen LogP contribution in [0.1, 0.15) is 10.5 Å². The van der Waals surface area contributed by atoms with E-state index in [9.17, 15) is 4.79 Å². The van der Waals surface area contributed by atoms with Crippen LogP contribution in [-0.4, -0.2) is 15.7 Å². The van der Waals surface area contributed by atoms with Crippen molar-refractivity contribution in [1.82, 2.24) is 9.78 Å². The highest BCUT2D eigenvalue weighted by Crippen LogP contribution is 2.17. The van der Waals surface area contributed by atoms with Crippen molar-refractivity contribution in [3.63, 3.8) is 0 Å². The van der Waals surface area contributed by atoms with E-state index in [0.717, 1.165) is 4.47 Å². The number of hydrogen-bond acceptors (Lipinski definition) is 3. The van der Waals surface area contributed by atoms with Gasteiger partial charge in [0.2, 0.25) is 0 Å². The van der Waals surface area contributed by atoms with Crippen molar-refractivity contribution in [2.24, 2.45) is 7.05 Å². The van der Waals surface area contributed by atoms with Gasteiger partial charge in [0.1, 0.15) is 0 Å². The molecule has 6 heteroatoms. The Morgan fingerprint density at radius 3 is 2.88 bits per heavy atom. The van der Waals surface area contributed by atoms with Crippen LogP contribution in [0, 0.1) is 0 Å². The van der Waals surface area contributed by atoms with E-state index < -0.39 is 0 Å². The Labute approximate surface area is 107 Å². The summed E-state index contributed by atoms with van der Waals surface area (Å²) >= 11 is 3.33. The molecule has 2 aromatic rings. The second-order valence-electron chi connectivity index (χ2n) is 3.57. The lowest BCUT2D eigenvalue weighted by molar-refractivity contribution is 0.102. The first-order valence-electron chi connectivity index (χ1n) is 4.92. The third-order valence-corrected chi connectivity index (χ3v) is 2.65. The number of carbonyl (C=O) groups is 1. The molecule has 5 nitrogen and oxygen atoms in total. The molecular weight excluding hydrogens is 284 g/mol. The summed E-state index contributed by atoms with van der Waals surface area (Å²) < 4.78 is 2.40. The molecule has 0 aliphatic rings. The van der Waals surface area contributed by atoms with Crippen LogP contribution in [0.2, 0.25) is 0 Å². The number of aryl methyl sites for hydroxylation is 1. The normalized spacial score (nSPS) is 10.2. The van der Waals surface area contributed by atoms with E-state index in [-0.39, 0.29) is 11.6 Å². The molecule has 0 bridgehead atoms. The second-order valence-corrected chi connectivity index (χ2v) is 4.49. The fourth-order valence-corrected chi connectivity index (χ4v) is 1.84. The maximum absolute atomic E-state index is 11.9. The van der Waals surface area contributed by atoms with Gasteiger partial charge >= 0.3 is 0 Å². The molecule has 0 spiro atoms. The third kappa shape index (κ3) is 2.65. The Morgan fingerprint density at radius 1 is 1.53 bits per heavy atom. The van der Waals surface area contributed by atoms with Crippen molar-refractivity contribution in [1.29, 1.82) is 0 Å². The molecule has 3 N–H and O–H groups in total. The zero-order chi connectivity index (χ0) is 12.4. The maximum atomic E-state index is 11.9. The lowest BCUT2D eigenvalue weighted by atomic mass is 10.3. The number of carbonyl (C=O) groups excluding carboxylic acids is 1. The predicted molar refractivity (Wildman–Crippen MR) is 69.7 cm³/mol. The van der Waals surface area contributed by atoms with Crippen molar-refractivity contribution >= 4 is 33.2 Å². The maximum Gasteiger partial charge on any atom is 0.278 e. The topological polar surface area (TPSA) is 72.9 Å². The number of halogens is 1. The van der Waals surface area contributed by atoms with E-state index in [4.69, 9.17) is 5.73 Å². The molecule has 1 amide bonds. The Balaban J connectivity index is 2.20. The molecule has 0 aliphatic carbocycles. The average molecular weight is 295 g/mol. The summed E-state index contributed by atoms with van der Waals surface area (Å²) in [6, 6.07) is 7.31. The number of amides is 1. The van der Waals surface area contributed by atoms with Crippen LogP contribution in [0.5, 0.6) is 0 Å². The lowest BCUT2D eigenvalue weighted by Crippen LogP contribution is -2.14. The minimum atomic E-state index is -0.318. The minimum Gasteiger partial charge on any atom is -0.396 e. The van der Waals surface area contributed by atoms with Gasteiger partial charge in [0, 0.05) is 23.4 Å². The smallest absolute Gasteiger partial charge is 0.278 e. The summed E-state index contributed by atoms with van der Waals surface area (Å²) in [5.74, 6) is -0.318. The standard InChI is InChI=1S/C11H11BrN4O/c1-16-6-9(13)10(15-16)11(17)14-8-4-2-3-7(12)5-8/h2-6H,13H2,1H3,(H,14,17). The first-order chi connectivity index (χ1) is 8.06. The van der Waals surface area contributed by atoms with Crippen molar-refractivity contribution in [3.8, 4) is 0 Å². The molecule has 88 valence electrons. The Bertz CT molecular complexity index is 564. The number of benzene rings is 1. The highest BCUT2D eigenvalue weighted by atomic mass is 79.9. The highest BCUT2D eigenvalue weighted by molar-refractivity contribution is 9.10. The fourth-order valence-electron chi connectivity index (χ4n) is 1.44. The van der Waals surface area contributed by atoms with Crippen LogP contribution < -0.4 is 11.1 Å². The van der Waals surface area contributed by atoms with Gasteiger partial charge in [0.05, 0.1) is 5.69 Å². The van der Waals surface area contributed by atoms with Gasteiger partial charge in [0.25, 0.3) is 5.91 Å². The van der Waals surface area contributed by atoms with E-state index in [1.807, 2.05) is 12.1 Å². The van der Waals surface area contributed by atoms with Crippen LogP contribution >= 0.6 is 15.9 Å². The van der Waals surface area contributed by atoms with E-state index in [0.29, 0.717) is 11.4 Å². The molecule has 0 saturated heterocycles. The van der Waals surface area contributed by atoms with Gasteiger partial charge in [-0.3, -0.25) is 9.48 Å². The fraction of sp³-hybridized carbons (Fsp3) is 0.0909. The van der Waals surface area contributed by atoms with Gasteiger partial charge in [-0.25, -0.2) is 0 Å². The number of rotatable bonds is 2. The Kier molecular flexibility index (Phi) is 3.14. The molecule has 0 unspecified atom stereocenters. The van der Waals surface area contributed by atoms with Crippen LogP contribution in [-0.2, 0) is 7.05 Å². The van der Waals surface area contributed by atoms with Crippen LogP contribution in [0.15, 0.2) is 34.9 Å².